The molecule has 4 heteroatoms. The molecule has 1 fully saturated rings. The minimum absolute atomic E-state index is 0.261. The van der Waals surface area contributed by atoms with Crippen molar-refractivity contribution < 1.29 is 8.42 Å². The van der Waals surface area contributed by atoms with Crippen LogP contribution < -0.4 is 5.32 Å². The van der Waals surface area contributed by atoms with Crippen LogP contribution in [0, 0.1) is 5.41 Å². The molecule has 1 N–H and O–H groups in total. The quantitative estimate of drug-likeness (QED) is 0.758. The Bertz CT molecular complexity index is 279. The van der Waals surface area contributed by atoms with Gasteiger partial charge in [0.15, 0.2) is 0 Å². The summed E-state index contributed by atoms with van der Waals surface area (Å²) >= 11 is 0. The minimum Gasteiger partial charge on any atom is -0.319 e. The molecule has 0 bridgehead atoms. The number of rotatable bonds is 6. The average Bonchev–Trinajstić information content (AvgIpc) is 2.65. The van der Waals surface area contributed by atoms with Crippen molar-refractivity contribution in [2.45, 2.75) is 39.0 Å². The van der Waals surface area contributed by atoms with Gasteiger partial charge in [0, 0.05) is 12.3 Å². The fourth-order valence-corrected chi connectivity index (χ4v) is 3.56. The van der Waals surface area contributed by atoms with Gasteiger partial charge in [-0.2, -0.15) is 0 Å². The highest BCUT2D eigenvalue weighted by atomic mass is 32.2. The summed E-state index contributed by atoms with van der Waals surface area (Å²) in [5, 5.41) is 3.21. The Morgan fingerprint density at radius 2 is 1.87 bits per heavy atom. The van der Waals surface area contributed by atoms with Crippen molar-refractivity contribution in [2.75, 3.05) is 25.1 Å². The van der Waals surface area contributed by atoms with Crippen LogP contribution in [0.25, 0.3) is 0 Å². The number of hydrogen-bond acceptors (Lipinski definition) is 3. The molecule has 1 saturated carbocycles. The Kier molecular flexibility index (Phi) is 4.59. The Labute approximate surface area is 93.6 Å². The van der Waals surface area contributed by atoms with Crippen molar-refractivity contribution in [2.24, 2.45) is 5.41 Å². The van der Waals surface area contributed by atoms with Crippen LogP contribution in [-0.4, -0.2) is 33.5 Å². The second kappa shape index (κ2) is 5.30. The molecule has 1 rings (SSSR count). The summed E-state index contributed by atoms with van der Waals surface area (Å²) in [7, 11) is -0.838. The van der Waals surface area contributed by atoms with Gasteiger partial charge in [0.2, 0.25) is 0 Å². The van der Waals surface area contributed by atoms with E-state index in [4.69, 9.17) is 0 Å². The van der Waals surface area contributed by atoms with E-state index >= 15 is 0 Å². The lowest BCUT2D eigenvalue weighted by molar-refractivity contribution is 0.277. The summed E-state index contributed by atoms with van der Waals surface area (Å²) in [6.45, 7) is 2.70. The van der Waals surface area contributed by atoms with Crippen LogP contribution in [0.4, 0.5) is 0 Å². The molecule has 90 valence electrons. The van der Waals surface area contributed by atoms with Gasteiger partial charge in [-0.15, -0.1) is 0 Å². The van der Waals surface area contributed by atoms with E-state index in [2.05, 4.69) is 5.32 Å². The highest BCUT2D eigenvalue weighted by Gasteiger charge is 2.33. The molecule has 0 saturated heterocycles. The van der Waals surface area contributed by atoms with Crippen LogP contribution in [0.1, 0.15) is 39.0 Å². The highest BCUT2D eigenvalue weighted by Crippen LogP contribution is 2.40. The fourth-order valence-electron chi connectivity index (χ4n) is 2.53. The van der Waals surface area contributed by atoms with Gasteiger partial charge < -0.3 is 5.32 Å². The molecule has 0 atom stereocenters. The molecule has 0 aliphatic heterocycles. The predicted molar refractivity (Wildman–Crippen MR) is 63.8 cm³/mol. The van der Waals surface area contributed by atoms with Gasteiger partial charge in [-0.05, 0) is 31.7 Å². The van der Waals surface area contributed by atoms with Gasteiger partial charge in [0.05, 0.1) is 5.75 Å². The van der Waals surface area contributed by atoms with Gasteiger partial charge in [-0.25, -0.2) is 8.42 Å². The lowest BCUT2D eigenvalue weighted by atomic mass is 9.83. The van der Waals surface area contributed by atoms with Crippen LogP contribution in [0.15, 0.2) is 0 Å². The zero-order valence-electron chi connectivity index (χ0n) is 9.88. The van der Waals surface area contributed by atoms with Crippen molar-refractivity contribution in [1.82, 2.24) is 5.32 Å². The summed E-state index contributed by atoms with van der Waals surface area (Å²) in [6.07, 6.45) is 5.73. The Morgan fingerprint density at radius 3 is 2.33 bits per heavy atom. The molecule has 1 aliphatic rings. The third-order valence-electron chi connectivity index (χ3n) is 3.60. The van der Waals surface area contributed by atoms with E-state index in [1.165, 1.54) is 25.7 Å². The van der Waals surface area contributed by atoms with E-state index in [-0.39, 0.29) is 11.2 Å². The van der Waals surface area contributed by atoms with Crippen LogP contribution in [0.3, 0.4) is 0 Å². The van der Waals surface area contributed by atoms with Gasteiger partial charge in [0.1, 0.15) is 9.84 Å². The first-order valence-electron chi connectivity index (χ1n) is 5.89. The Morgan fingerprint density at radius 1 is 1.27 bits per heavy atom. The van der Waals surface area contributed by atoms with Crippen LogP contribution >= 0.6 is 0 Å². The van der Waals surface area contributed by atoms with Crippen molar-refractivity contribution >= 4 is 9.84 Å². The molecule has 0 aromatic carbocycles. The Hall–Kier alpha value is -0.0900. The molecule has 0 unspecified atom stereocenters. The summed E-state index contributed by atoms with van der Waals surface area (Å²) in [5.41, 5.74) is 0.261. The molecule has 15 heavy (non-hydrogen) atoms. The monoisotopic (exact) mass is 233 g/mol. The summed E-state index contributed by atoms with van der Waals surface area (Å²) in [4.78, 5) is 0. The zero-order valence-corrected chi connectivity index (χ0v) is 10.7. The van der Waals surface area contributed by atoms with E-state index in [1.807, 2.05) is 7.05 Å². The highest BCUT2D eigenvalue weighted by molar-refractivity contribution is 7.91. The third-order valence-corrected chi connectivity index (χ3v) is 5.30. The van der Waals surface area contributed by atoms with Crippen molar-refractivity contribution in [3.63, 3.8) is 0 Å². The SMILES string of the molecule is CCS(=O)(=O)CCC1(CNC)CCCC1. The van der Waals surface area contributed by atoms with E-state index in [0.29, 0.717) is 5.75 Å². The summed E-state index contributed by atoms with van der Waals surface area (Å²) in [5.74, 6) is 0.647. The first-order valence-corrected chi connectivity index (χ1v) is 7.71. The lowest BCUT2D eigenvalue weighted by Gasteiger charge is -2.28. The van der Waals surface area contributed by atoms with E-state index in [0.717, 1.165) is 13.0 Å². The molecule has 0 spiro atoms. The molecular weight excluding hydrogens is 210 g/mol. The average molecular weight is 233 g/mol. The molecule has 3 nitrogen and oxygen atoms in total. The molecule has 0 heterocycles. The summed E-state index contributed by atoms with van der Waals surface area (Å²) < 4.78 is 23.0. The molecule has 0 radical (unpaired) electrons. The van der Waals surface area contributed by atoms with E-state index in [9.17, 15) is 8.42 Å². The van der Waals surface area contributed by atoms with Gasteiger partial charge in [-0.3, -0.25) is 0 Å². The molecule has 0 amide bonds. The first kappa shape index (κ1) is 13.0. The maximum absolute atomic E-state index is 11.5. The smallest absolute Gasteiger partial charge is 0.150 e. The van der Waals surface area contributed by atoms with E-state index in [1.54, 1.807) is 6.92 Å². The minimum atomic E-state index is -2.79. The number of sulfone groups is 1. The van der Waals surface area contributed by atoms with Crippen LogP contribution in [-0.2, 0) is 9.84 Å². The maximum Gasteiger partial charge on any atom is 0.150 e. The zero-order chi connectivity index (χ0) is 11.4. The van der Waals surface area contributed by atoms with Crippen LogP contribution in [0.2, 0.25) is 0 Å². The molecule has 1 aliphatic carbocycles. The molecule has 0 aromatic rings. The van der Waals surface area contributed by atoms with Gasteiger partial charge in [0.25, 0.3) is 0 Å². The topological polar surface area (TPSA) is 46.2 Å². The summed E-state index contributed by atoms with van der Waals surface area (Å²) in [6, 6.07) is 0. The molecule has 0 aromatic heterocycles. The van der Waals surface area contributed by atoms with Gasteiger partial charge in [-0.1, -0.05) is 19.8 Å². The maximum atomic E-state index is 11.5. The van der Waals surface area contributed by atoms with Gasteiger partial charge >= 0.3 is 0 Å². The predicted octanol–water partition coefficient (Wildman–Crippen LogP) is 1.59. The third kappa shape index (κ3) is 3.76. The second-order valence-electron chi connectivity index (χ2n) is 4.72. The number of nitrogens with one attached hydrogen (secondary N) is 1. The fraction of sp³-hybridized carbons (Fsp3) is 1.00. The van der Waals surface area contributed by atoms with Crippen molar-refractivity contribution in [1.29, 1.82) is 0 Å². The standard InChI is InChI=1S/C11H23NO2S/c1-3-15(13,14)9-8-11(10-12-2)6-4-5-7-11/h12H,3-10H2,1-2H3. The first-order chi connectivity index (χ1) is 7.04. The molecular formula is C11H23NO2S. The van der Waals surface area contributed by atoms with E-state index < -0.39 is 9.84 Å². The Balaban J connectivity index is 2.52. The second-order valence-corrected chi connectivity index (χ2v) is 7.20. The van der Waals surface area contributed by atoms with Crippen molar-refractivity contribution in [3.8, 4) is 0 Å². The lowest BCUT2D eigenvalue weighted by Crippen LogP contribution is -2.32. The van der Waals surface area contributed by atoms with Crippen LogP contribution in [0.5, 0.6) is 0 Å². The normalized spacial score (nSPS) is 20.7. The largest absolute Gasteiger partial charge is 0.319 e. The number of hydrogen-bond donors (Lipinski definition) is 1. The van der Waals surface area contributed by atoms with Crippen molar-refractivity contribution in [3.05, 3.63) is 0 Å².